The van der Waals surface area contributed by atoms with Gasteiger partial charge in [-0.2, -0.15) is 18.3 Å². The molecule has 0 aromatic carbocycles. The van der Waals surface area contributed by atoms with Gasteiger partial charge in [0.15, 0.2) is 5.69 Å². The number of carbonyl (C=O) groups excluding carboxylic acids is 2. The summed E-state index contributed by atoms with van der Waals surface area (Å²) in [7, 11) is 0.896. The Balaban J connectivity index is 3.02. The molecule has 0 aliphatic heterocycles. The SMILES string of the molecule is COC(=O)c1c(C(F)F)nc(C(F)(F)F)c(C(=O)n2nccc2C)c1CC(C)C. The molecular weight excluding hydrogens is 401 g/mol. The third-order valence-electron chi connectivity index (χ3n) is 4.04. The first-order valence-electron chi connectivity index (χ1n) is 8.45. The molecular formula is C18H18F5N3O3. The van der Waals surface area contributed by atoms with Crippen LogP contribution in [0.4, 0.5) is 22.0 Å². The molecule has 11 heteroatoms. The van der Waals surface area contributed by atoms with E-state index in [1.54, 1.807) is 13.8 Å². The molecule has 0 aliphatic carbocycles. The van der Waals surface area contributed by atoms with E-state index in [4.69, 9.17) is 0 Å². The normalized spacial score (nSPS) is 12.0. The topological polar surface area (TPSA) is 74.1 Å². The van der Waals surface area contributed by atoms with Gasteiger partial charge in [0, 0.05) is 11.9 Å². The van der Waals surface area contributed by atoms with E-state index in [1.165, 1.54) is 19.2 Å². The fourth-order valence-electron chi connectivity index (χ4n) is 2.88. The van der Waals surface area contributed by atoms with Crippen LogP contribution in [-0.4, -0.2) is 33.8 Å². The summed E-state index contributed by atoms with van der Waals surface area (Å²) >= 11 is 0. The van der Waals surface area contributed by atoms with Gasteiger partial charge in [0.05, 0.1) is 18.2 Å². The summed E-state index contributed by atoms with van der Waals surface area (Å²) in [5, 5.41) is 3.70. The Kier molecular flexibility index (Phi) is 6.39. The second kappa shape index (κ2) is 8.26. The second-order valence-electron chi connectivity index (χ2n) is 6.65. The van der Waals surface area contributed by atoms with Gasteiger partial charge in [0.2, 0.25) is 0 Å². The van der Waals surface area contributed by atoms with Crippen molar-refractivity contribution in [2.45, 2.75) is 39.8 Å². The smallest absolute Gasteiger partial charge is 0.434 e. The summed E-state index contributed by atoms with van der Waals surface area (Å²) in [6.07, 6.45) is -7.79. The van der Waals surface area contributed by atoms with Gasteiger partial charge >= 0.3 is 12.1 Å². The lowest BCUT2D eigenvalue weighted by Crippen LogP contribution is -2.28. The van der Waals surface area contributed by atoms with E-state index in [2.05, 4.69) is 14.8 Å². The van der Waals surface area contributed by atoms with Crippen LogP contribution in [0, 0.1) is 12.8 Å². The highest BCUT2D eigenvalue weighted by Gasteiger charge is 2.43. The van der Waals surface area contributed by atoms with Crippen LogP contribution in [-0.2, 0) is 17.3 Å². The Bertz CT molecular complexity index is 936. The molecule has 2 aromatic heterocycles. The summed E-state index contributed by atoms with van der Waals surface area (Å²) in [5.74, 6) is -2.91. The number of nitrogens with zero attached hydrogens (tertiary/aromatic N) is 3. The van der Waals surface area contributed by atoms with Gasteiger partial charge < -0.3 is 4.74 Å². The van der Waals surface area contributed by atoms with Crippen LogP contribution in [0.5, 0.6) is 0 Å². The molecule has 0 atom stereocenters. The van der Waals surface area contributed by atoms with E-state index in [0.29, 0.717) is 4.68 Å². The van der Waals surface area contributed by atoms with E-state index < -0.39 is 52.6 Å². The molecule has 0 radical (unpaired) electrons. The van der Waals surface area contributed by atoms with E-state index in [1.807, 2.05) is 0 Å². The Hall–Kier alpha value is -2.85. The molecule has 2 aromatic rings. The van der Waals surface area contributed by atoms with Crippen LogP contribution in [0.15, 0.2) is 12.3 Å². The molecule has 6 nitrogen and oxygen atoms in total. The van der Waals surface area contributed by atoms with Crippen molar-refractivity contribution in [3.05, 3.63) is 46.0 Å². The maximum absolute atomic E-state index is 13.7. The third-order valence-corrected chi connectivity index (χ3v) is 4.04. The standard InChI is InChI=1S/C18H18F5N3O3/c1-8(2)7-10-11(17(28)29-4)13(15(19)20)25-14(18(21,22)23)12(10)16(27)26-9(3)5-6-24-26/h5-6,8,15H,7H2,1-4H3. The number of hydrogen-bond acceptors (Lipinski definition) is 5. The molecule has 0 fully saturated rings. The highest BCUT2D eigenvalue weighted by Crippen LogP contribution is 2.38. The van der Waals surface area contributed by atoms with Crippen molar-refractivity contribution in [2.75, 3.05) is 7.11 Å². The zero-order valence-corrected chi connectivity index (χ0v) is 16.0. The largest absolute Gasteiger partial charge is 0.465 e. The van der Waals surface area contributed by atoms with E-state index >= 15 is 0 Å². The van der Waals surface area contributed by atoms with Crippen molar-refractivity contribution in [1.82, 2.24) is 14.8 Å². The van der Waals surface area contributed by atoms with Crippen LogP contribution in [0.25, 0.3) is 0 Å². The fourth-order valence-corrected chi connectivity index (χ4v) is 2.88. The second-order valence-corrected chi connectivity index (χ2v) is 6.65. The number of alkyl halides is 5. The van der Waals surface area contributed by atoms with Crippen molar-refractivity contribution in [3.63, 3.8) is 0 Å². The number of hydrogen-bond donors (Lipinski definition) is 0. The number of rotatable bonds is 5. The van der Waals surface area contributed by atoms with Crippen LogP contribution in [0.2, 0.25) is 0 Å². The molecule has 0 N–H and O–H groups in total. The first kappa shape index (κ1) is 22.4. The molecule has 0 spiro atoms. The van der Waals surface area contributed by atoms with Crippen molar-refractivity contribution < 1.29 is 36.3 Å². The number of methoxy groups -OCH3 is 1. The summed E-state index contributed by atoms with van der Waals surface area (Å²) in [5.41, 5.74) is -5.29. The first-order valence-corrected chi connectivity index (χ1v) is 8.45. The Labute approximate surface area is 162 Å². The third kappa shape index (κ3) is 4.43. The highest BCUT2D eigenvalue weighted by atomic mass is 19.4. The summed E-state index contributed by atoms with van der Waals surface area (Å²) in [6.45, 7) is 4.64. The number of halogens is 5. The number of pyridine rings is 1. The van der Waals surface area contributed by atoms with E-state index in [-0.39, 0.29) is 18.0 Å². The molecule has 2 rings (SSSR count). The molecule has 0 aliphatic rings. The highest BCUT2D eigenvalue weighted by molar-refractivity contribution is 6.02. The van der Waals surface area contributed by atoms with Crippen molar-refractivity contribution in [3.8, 4) is 0 Å². The number of esters is 1. The number of ether oxygens (including phenoxy) is 1. The zero-order valence-electron chi connectivity index (χ0n) is 16.0. The molecule has 0 saturated heterocycles. The molecule has 158 valence electrons. The summed E-state index contributed by atoms with van der Waals surface area (Å²) < 4.78 is 73.4. The minimum atomic E-state index is -5.23. The lowest BCUT2D eigenvalue weighted by atomic mass is 9.90. The minimum Gasteiger partial charge on any atom is -0.465 e. The average Bonchev–Trinajstić information content (AvgIpc) is 3.04. The first-order chi connectivity index (χ1) is 13.4. The van der Waals surface area contributed by atoms with Crippen molar-refractivity contribution in [1.29, 1.82) is 0 Å². The van der Waals surface area contributed by atoms with Gasteiger partial charge in [-0.15, -0.1) is 0 Å². The maximum atomic E-state index is 13.7. The Morgan fingerprint density at radius 2 is 1.83 bits per heavy atom. The van der Waals surface area contributed by atoms with E-state index in [0.717, 1.165) is 7.11 Å². The Morgan fingerprint density at radius 1 is 1.21 bits per heavy atom. The van der Waals surface area contributed by atoms with Gasteiger partial charge in [0.1, 0.15) is 5.69 Å². The monoisotopic (exact) mass is 419 g/mol. The zero-order chi connectivity index (χ0) is 22.1. The van der Waals surface area contributed by atoms with Crippen molar-refractivity contribution >= 4 is 11.9 Å². The van der Waals surface area contributed by atoms with Crippen molar-refractivity contribution in [2.24, 2.45) is 5.92 Å². The molecule has 0 amide bonds. The minimum absolute atomic E-state index is 0.219. The number of aryl methyl sites for hydroxylation is 1. The molecule has 0 unspecified atom stereocenters. The number of carbonyl (C=O) groups is 2. The van der Waals surface area contributed by atoms with Gasteiger partial charge in [-0.25, -0.2) is 23.2 Å². The van der Waals surface area contributed by atoms with Crippen LogP contribution >= 0.6 is 0 Å². The lowest BCUT2D eigenvalue weighted by Gasteiger charge is -2.21. The van der Waals surface area contributed by atoms with Gasteiger partial charge in [-0.3, -0.25) is 4.79 Å². The summed E-state index contributed by atoms with van der Waals surface area (Å²) in [6, 6.07) is 1.38. The molecule has 29 heavy (non-hydrogen) atoms. The van der Waals surface area contributed by atoms with Gasteiger partial charge in [-0.05, 0) is 30.9 Å². The molecule has 0 bridgehead atoms. The van der Waals surface area contributed by atoms with Crippen LogP contribution in [0.1, 0.15) is 63.6 Å². The molecule has 0 saturated carbocycles. The van der Waals surface area contributed by atoms with Gasteiger partial charge in [-0.1, -0.05) is 13.8 Å². The fraction of sp³-hybridized carbons (Fsp3) is 0.444. The average molecular weight is 419 g/mol. The Morgan fingerprint density at radius 3 is 2.24 bits per heavy atom. The van der Waals surface area contributed by atoms with E-state index in [9.17, 15) is 31.5 Å². The van der Waals surface area contributed by atoms with Crippen LogP contribution < -0.4 is 0 Å². The number of aromatic nitrogens is 3. The summed E-state index contributed by atoms with van der Waals surface area (Å²) in [4.78, 5) is 28.2. The van der Waals surface area contributed by atoms with Crippen LogP contribution in [0.3, 0.4) is 0 Å². The molecule has 2 heterocycles. The van der Waals surface area contributed by atoms with Gasteiger partial charge in [0.25, 0.3) is 12.3 Å². The predicted octanol–water partition coefficient (Wildman–Crippen LogP) is 4.22. The lowest BCUT2D eigenvalue weighted by molar-refractivity contribution is -0.141. The quantitative estimate of drug-likeness (QED) is 0.536. The maximum Gasteiger partial charge on any atom is 0.434 e. The predicted molar refractivity (Wildman–Crippen MR) is 90.8 cm³/mol.